The molecule has 2 heterocycles. The van der Waals surface area contributed by atoms with Gasteiger partial charge in [0.2, 0.25) is 0 Å². The van der Waals surface area contributed by atoms with Crippen molar-refractivity contribution in [2.45, 2.75) is 45.1 Å². The van der Waals surface area contributed by atoms with E-state index in [1.807, 2.05) is 6.20 Å². The lowest BCUT2D eigenvalue weighted by Gasteiger charge is -2.22. The smallest absolute Gasteiger partial charge is 0.0753 e. The molecule has 15 heavy (non-hydrogen) atoms. The first-order valence-electron chi connectivity index (χ1n) is 5.70. The van der Waals surface area contributed by atoms with Gasteiger partial charge >= 0.3 is 0 Å². The van der Waals surface area contributed by atoms with Gasteiger partial charge in [-0.1, -0.05) is 20.8 Å². The summed E-state index contributed by atoms with van der Waals surface area (Å²) in [6, 6.07) is 0.440. The molecule has 0 amide bonds. The van der Waals surface area contributed by atoms with Crippen LogP contribution in [0.3, 0.4) is 0 Å². The quantitative estimate of drug-likeness (QED) is 0.709. The Morgan fingerprint density at radius 1 is 1.47 bits per heavy atom. The Kier molecular flexibility index (Phi) is 2.83. The molecule has 1 saturated heterocycles. The van der Waals surface area contributed by atoms with Crippen molar-refractivity contribution in [1.29, 1.82) is 0 Å². The summed E-state index contributed by atoms with van der Waals surface area (Å²) in [6.45, 7) is 8.36. The molecule has 1 unspecified atom stereocenters. The van der Waals surface area contributed by atoms with Gasteiger partial charge in [0.25, 0.3) is 0 Å². The van der Waals surface area contributed by atoms with E-state index in [9.17, 15) is 0 Å². The predicted octanol–water partition coefficient (Wildman–Crippen LogP) is 2.53. The lowest BCUT2D eigenvalue weighted by Crippen LogP contribution is -2.21. The Labute approximate surface area is 91.4 Å². The highest BCUT2D eigenvalue weighted by molar-refractivity contribution is 5.15. The predicted molar refractivity (Wildman–Crippen MR) is 60.0 cm³/mol. The van der Waals surface area contributed by atoms with E-state index in [1.165, 1.54) is 12.0 Å². The molecule has 1 aliphatic heterocycles. The molecule has 0 spiro atoms. The van der Waals surface area contributed by atoms with E-state index in [-0.39, 0.29) is 5.41 Å². The van der Waals surface area contributed by atoms with Gasteiger partial charge in [-0.15, -0.1) is 0 Å². The Bertz CT molecular complexity index is 319. The maximum absolute atomic E-state index is 5.47. The SMILES string of the molecule is CC(C)(C)c1cnn(C2CCCOC2)c1. The van der Waals surface area contributed by atoms with Crippen molar-refractivity contribution in [2.24, 2.45) is 0 Å². The van der Waals surface area contributed by atoms with Crippen molar-refractivity contribution >= 4 is 0 Å². The zero-order chi connectivity index (χ0) is 10.9. The maximum atomic E-state index is 5.47. The van der Waals surface area contributed by atoms with E-state index >= 15 is 0 Å². The lowest BCUT2D eigenvalue weighted by molar-refractivity contribution is 0.0549. The Morgan fingerprint density at radius 2 is 2.27 bits per heavy atom. The van der Waals surface area contributed by atoms with Gasteiger partial charge in [-0.25, -0.2) is 0 Å². The zero-order valence-electron chi connectivity index (χ0n) is 9.86. The van der Waals surface area contributed by atoms with Crippen molar-refractivity contribution in [3.8, 4) is 0 Å². The Morgan fingerprint density at radius 3 is 2.80 bits per heavy atom. The molecule has 0 aliphatic carbocycles. The second-order valence-corrected chi connectivity index (χ2v) is 5.33. The third kappa shape index (κ3) is 2.40. The molecule has 2 rings (SSSR count). The highest BCUT2D eigenvalue weighted by atomic mass is 16.5. The Balaban J connectivity index is 2.12. The van der Waals surface area contributed by atoms with Crippen molar-refractivity contribution in [3.05, 3.63) is 18.0 Å². The van der Waals surface area contributed by atoms with Gasteiger partial charge in [-0.2, -0.15) is 5.10 Å². The molecule has 1 aromatic heterocycles. The van der Waals surface area contributed by atoms with E-state index in [0.29, 0.717) is 6.04 Å². The molecule has 0 N–H and O–H groups in total. The summed E-state index contributed by atoms with van der Waals surface area (Å²) in [4.78, 5) is 0. The summed E-state index contributed by atoms with van der Waals surface area (Å²) in [7, 11) is 0. The van der Waals surface area contributed by atoms with Crippen LogP contribution in [0.1, 0.15) is 45.2 Å². The van der Waals surface area contributed by atoms with Crippen LogP contribution in [0.5, 0.6) is 0 Å². The molecular formula is C12H20N2O. The lowest BCUT2D eigenvalue weighted by atomic mass is 9.90. The van der Waals surface area contributed by atoms with Crippen molar-refractivity contribution in [1.82, 2.24) is 9.78 Å². The fraction of sp³-hybridized carbons (Fsp3) is 0.750. The van der Waals surface area contributed by atoms with Gasteiger partial charge < -0.3 is 4.74 Å². The molecule has 1 fully saturated rings. The molecule has 0 radical (unpaired) electrons. The van der Waals surface area contributed by atoms with Crippen LogP contribution in [0.4, 0.5) is 0 Å². The fourth-order valence-electron chi connectivity index (χ4n) is 1.86. The number of ether oxygens (including phenoxy) is 1. The molecule has 3 heteroatoms. The second kappa shape index (κ2) is 3.97. The van der Waals surface area contributed by atoms with Gasteiger partial charge in [0.15, 0.2) is 0 Å². The summed E-state index contributed by atoms with van der Waals surface area (Å²) in [5, 5.41) is 4.44. The third-order valence-corrected chi connectivity index (χ3v) is 2.98. The average molecular weight is 208 g/mol. The minimum atomic E-state index is 0.188. The largest absolute Gasteiger partial charge is 0.379 e. The van der Waals surface area contributed by atoms with Crippen LogP contribution in [-0.4, -0.2) is 23.0 Å². The monoisotopic (exact) mass is 208 g/mol. The normalized spacial score (nSPS) is 23.0. The van der Waals surface area contributed by atoms with Crippen LogP contribution in [0.25, 0.3) is 0 Å². The first-order chi connectivity index (χ1) is 7.07. The van der Waals surface area contributed by atoms with E-state index in [1.54, 1.807) is 0 Å². The van der Waals surface area contributed by atoms with E-state index in [4.69, 9.17) is 4.74 Å². The molecule has 1 aromatic rings. The summed E-state index contributed by atoms with van der Waals surface area (Å²) in [5.74, 6) is 0. The number of nitrogens with zero attached hydrogens (tertiary/aromatic N) is 2. The topological polar surface area (TPSA) is 27.1 Å². The highest BCUT2D eigenvalue weighted by Gasteiger charge is 2.20. The van der Waals surface area contributed by atoms with E-state index in [0.717, 1.165) is 19.6 Å². The first kappa shape index (κ1) is 10.7. The van der Waals surface area contributed by atoms with E-state index in [2.05, 4.69) is 36.7 Å². The van der Waals surface area contributed by atoms with Crippen molar-refractivity contribution in [3.63, 3.8) is 0 Å². The molecule has 0 aromatic carbocycles. The minimum Gasteiger partial charge on any atom is -0.379 e. The summed E-state index contributed by atoms with van der Waals surface area (Å²) < 4.78 is 7.54. The highest BCUT2D eigenvalue weighted by Crippen LogP contribution is 2.24. The van der Waals surface area contributed by atoms with Crippen molar-refractivity contribution in [2.75, 3.05) is 13.2 Å². The summed E-state index contributed by atoms with van der Waals surface area (Å²) >= 11 is 0. The fourth-order valence-corrected chi connectivity index (χ4v) is 1.86. The molecule has 84 valence electrons. The summed E-state index contributed by atoms with van der Waals surface area (Å²) in [6.07, 6.45) is 6.48. The number of hydrogen-bond donors (Lipinski definition) is 0. The van der Waals surface area contributed by atoms with Crippen LogP contribution in [0, 0.1) is 0 Å². The van der Waals surface area contributed by atoms with Crippen LogP contribution in [-0.2, 0) is 10.2 Å². The maximum Gasteiger partial charge on any atom is 0.0753 e. The standard InChI is InChI=1S/C12H20N2O/c1-12(2,3)10-7-13-14(8-10)11-5-4-6-15-9-11/h7-8,11H,4-6,9H2,1-3H3. The molecule has 1 aliphatic rings. The average Bonchev–Trinajstić information content (AvgIpc) is 2.67. The minimum absolute atomic E-state index is 0.188. The van der Waals surface area contributed by atoms with Gasteiger partial charge in [0, 0.05) is 12.8 Å². The second-order valence-electron chi connectivity index (χ2n) is 5.33. The molecule has 0 saturated carbocycles. The Hall–Kier alpha value is -0.830. The van der Waals surface area contributed by atoms with Crippen LogP contribution >= 0.6 is 0 Å². The molecule has 1 atom stereocenters. The third-order valence-electron chi connectivity index (χ3n) is 2.98. The number of aromatic nitrogens is 2. The van der Waals surface area contributed by atoms with E-state index < -0.39 is 0 Å². The van der Waals surface area contributed by atoms with Gasteiger partial charge in [-0.05, 0) is 23.8 Å². The van der Waals surface area contributed by atoms with Crippen LogP contribution in [0.2, 0.25) is 0 Å². The van der Waals surface area contributed by atoms with Crippen molar-refractivity contribution < 1.29 is 4.74 Å². The zero-order valence-corrected chi connectivity index (χ0v) is 9.86. The molecule has 0 bridgehead atoms. The van der Waals surface area contributed by atoms with Crippen LogP contribution < -0.4 is 0 Å². The molecular weight excluding hydrogens is 188 g/mol. The van der Waals surface area contributed by atoms with Gasteiger partial charge in [0.1, 0.15) is 0 Å². The van der Waals surface area contributed by atoms with Gasteiger partial charge in [-0.3, -0.25) is 4.68 Å². The number of hydrogen-bond acceptors (Lipinski definition) is 2. The molecule has 3 nitrogen and oxygen atoms in total. The summed E-state index contributed by atoms with van der Waals surface area (Å²) in [5.41, 5.74) is 1.49. The van der Waals surface area contributed by atoms with Crippen LogP contribution in [0.15, 0.2) is 12.4 Å². The number of rotatable bonds is 1. The first-order valence-corrected chi connectivity index (χ1v) is 5.70. The van der Waals surface area contributed by atoms with Gasteiger partial charge in [0.05, 0.1) is 18.8 Å².